The Hall–Kier alpha value is -1.79. The van der Waals surface area contributed by atoms with Crippen LogP contribution in [0, 0.1) is 0 Å². The van der Waals surface area contributed by atoms with Crippen LogP contribution in [-0.2, 0) is 12.6 Å². The Bertz CT molecular complexity index is 882. The molecule has 2 aromatic carbocycles. The number of aromatic amines is 1. The van der Waals surface area contributed by atoms with Crippen molar-refractivity contribution in [1.82, 2.24) is 4.98 Å². The Morgan fingerprint density at radius 3 is 2.50 bits per heavy atom. The largest absolute Gasteiger partial charge is 0.417 e. The average molecular weight is 397 g/mol. The smallest absolute Gasteiger partial charge is 0.357 e. The van der Waals surface area contributed by atoms with Crippen molar-refractivity contribution in [2.24, 2.45) is 5.73 Å². The van der Waals surface area contributed by atoms with E-state index in [1.165, 1.54) is 12.1 Å². The minimum atomic E-state index is -4.42. The number of hydrogen-bond acceptors (Lipinski definition) is 1. The van der Waals surface area contributed by atoms with Crippen molar-refractivity contribution in [1.29, 1.82) is 0 Å². The van der Waals surface area contributed by atoms with Crippen molar-refractivity contribution >= 4 is 26.8 Å². The van der Waals surface area contributed by atoms with Gasteiger partial charge in [-0.2, -0.15) is 13.2 Å². The first-order chi connectivity index (χ1) is 11.3. The third kappa shape index (κ3) is 3.08. The molecule has 0 aliphatic carbocycles. The number of halogens is 4. The first-order valence-electron chi connectivity index (χ1n) is 7.50. The standard InChI is InChI=1S/C18H16BrF3N2/c1-10(23)9-15-16(12-6-4-8-14(19)17(12)24-15)11-5-2-3-7-13(11)18(20,21)22/h2-8,10,24H,9,23H2,1H3. The Kier molecular flexibility index (Phi) is 4.44. The molecular formula is C18H16BrF3N2. The number of alkyl halides is 3. The summed E-state index contributed by atoms with van der Waals surface area (Å²) in [4.78, 5) is 3.25. The van der Waals surface area contributed by atoms with Gasteiger partial charge in [-0.15, -0.1) is 0 Å². The fourth-order valence-corrected chi connectivity index (χ4v) is 3.43. The number of H-pyrrole nitrogens is 1. The summed E-state index contributed by atoms with van der Waals surface area (Å²) >= 11 is 3.46. The molecule has 1 atom stereocenters. The molecule has 126 valence electrons. The topological polar surface area (TPSA) is 41.8 Å². The number of aromatic nitrogens is 1. The second kappa shape index (κ2) is 6.26. The van der Waals surface area contributed by atoms with Crippen LogP contribution in [0.4, 0.5) is 13.2 Å². The fourth-order valence-electron chi connectivity index (χ4n) is 2.97. The van der Waals surface area contributed by atoms with E-state index in [-0.39, 0.29) is 11.6 Å². The van der Waals surface area contributed by atoms with Gasteiger partial charge in [0.2, 0.25) is 0 Å². The minimum Gasteiger partial charge on any atom is -0.357 e. The van der Waals surface area contributed by atoms with Crippen LogP contribution < -0.4 is 5.73 Å². The molecule has 3 N–H and O–H groups in total. The summed E-state index contributed by atoms with van der Waals surface area (Å²) in [6.07, 6.45) is -3.96. The molecule has 2 nitrogen and oxygen atoms in total. The van der Waals surface area contributed by atoms with Crippen molar-refractivity contribution in [3.05, 3.63) is 58.2 Å². The van der Waals surface area contributed by atoms with Crippen LogP contribution in [0.25, 0.3) is 22.0 Å². The second-order valence-corrected chi connectivity index (χ2v) is 6.72. The van der Waals surface area contributed by atoms with Crippen LogP contribution in [0.2, 0.25) is 0 Å². The van der Waals surface area contributed by atoms with E-state index in [0.29, 0.717) is 17.7 Å². The van der Waals surface area contributed by atoms with Gasteiger partial charge in [0.25, 0.3) is 0 Å². The number of hydrogen-bond donors (Lipinski definition) is 2. The van der Waals surface area contributed by atoms with Crippen molar-refractivity contribution < 1.29 is 13.2 Å². The first-order valence-corrected chi connectivity index (χ1v) is 8.29. The lowest BCUT2D eigenvalue weighted by Crippen LogP contribution is -2.18. The number of nitrogens with one attached hydrogen (secondary N) is 1. The van der Waals surface area contributed by atoms with Crippen LogP contribution in [0.15, 0.2) is 46.9 Å². The van der Waals surface area contributed by atoms with Crippen molar-refractivity contribution in [2.45, 2.75) is 25.6 Å². The summed E-state index contributed by atoms with van der Waals surface area (Å²) < 4.78 is 41.2. The summed E-state index contributed by atoms with van der Waals surface area (Å²) in [7, 11) is 0. The van der Waals surface area contributed by atoms with Crippen LogP contribution in [-0.4, -0.2) is 11.0 Å². The van der Waals surface area contributed by atoms with Crippen LogP contribution in [0.1, 0.15) is 18.2 Å². The highest BCUT2D eigenvalue weighted by Crippen LogP contribution is 2.42. The Balaban J connectivity index is 2.35. The molecule has 1 aromatic heterocycles. The maximum atomic E-state index is 13.5. The van der Waals surface area contributed by atoms with Crippen molar-refractivity contribution in [3.8, 4) is 11.1 Å². The highest BCUT2D eigenvalue weighted by atomic mass is 79.9. The van der Waals surface area contributed by atoms with Gasteiger partial charge in [0, 0.05) is 33.6 Å². The molecule has 0 fully saturated rings. The molecule has 0 bridgehead atoms. The highest BCUT2D eigenvalue weighted by Gasteiger charge is 2.34. The molecule has 0 amide bonds. The van der Waals surface area contributed by atoms with Crippen LogP contribution >= 0.6 is 15.9 Å². The molecular weight excluding hydrogens is 381 g/mol. The molecule has 3 aromatic rings. The third-order valence-corrected chi connectivity index (χ3v) is 4.55. The summed E-state index contributed by atoms with van der Waals surface area (Å²) in [5.41, 5.74) is 7.49. The van der Waals surface area contributed by atoms with Crippen molar-refractivity contribution in [3.63, 3.8) is 0 Å². The fraction of sp³-hybridized carbons (Fsp3) is 0.222. The van der Waals surface area contributed by atoms with Crippen molar-refractivity contribution in [2.75, 3.05) is 0 Å². The predicted octanol–water partition coefficient (Wildman–Crippen LogP) is 5.51. The highest BCUT2D eigenvalue weighted by molar-refractivity contribution is 9.10. The van der Waals surface area contributed by atoms with Gasteiger partial charge in [-0.3, -0.25) is 0 Å². The molecule has 0 radical (unpaired) electrons. The number of nitrogens with two attached hydrogens (primary N) is 1. The zero-order chi connectivity index (χ0) is 17.5. The van der Waals surface area contributed by atoms with Gasteiger partial charge in [0.15, 0.2) is 0 Å². The Morgan fingerprint density at radius 2 is 1.83 bits per heavy atom. The van der Waals surface area contributed by atoms with E-state index in [9.17, 15) is 13.2 Å². The zero-order valence-corrected chi connectivity index (χ0v) is 14.5. The van der Waals surface area contributed by atoms with Gasteiger partial charge in [-0.05, 0) is 40.5 Å². The molecule has 0 saturated carbocycles. The van der Waals surface area contributed by atoms with Gasteiger partial charge in [-0.25, -0.2) is 0 Å². The quantitative estimate of drug-likeness (QED) is 0.602. The van der Waals surface area contributed by atoms with Gasteiger partial charge in [0.1, 0.15) is 0 Å². The van der Waals surface area contributed by atoms with Gasteiger partial charge in [-0.1, -0.05) is 30.3 Å². The number of fused-ring (bicyclic) bond motifs is 1. The lowest BCUT2D eigenvalue weighted by molar-refractivity contribution is -0.137. The zero-order valence-electron chi connectivity index (χ0n) is 12.9. The predicted molar refractivity (Wildman–Crippen MR) is 93.8 cm³/mol. The molecule has 0 saturated heterocycles. The monoisotopic (exact) mass is 396 g/mol. The second-order valence-electron chi connectivity index (χ2n) is 5.87. The number of rotatable bonds is 3. The molecule has 24 heavy (non-hydrogen) atoms. The first kappa shape index (κ1) is 17.0. The van der Waals surface area contributed by atoms with E-state index in [1.807, 2.05) is 25.1 Å². The SMILES string of the molecule is CC(N)Cc1[nH]c2c(Br)cccc2c1-c1ccccc1C(F)(F)F. The lowest BCUT2D eigenvalue weighted by Gasteiger charge is -2.14. The summed E-state index contributed by atoms with van der Waals surface area (Å²) in [5.74, 6) is 0. The molecule has 1 heterocycles. The van der Waals surface area contributed by atoms with E-state index in [0.717, 1.165) is 21.4 Å². The van der Waals surface area contributed by atoms with E-state index >= 15 is 0 Å². The van der Waals surface area contributed by atoms with Crippen LogP contribution in [0.5, 0.6) is 0 Å². The lowest BCUT2D eigenvalue weighted by atomic mass is 9.95. The van der Waals surface area contributed by atoms with E-state index < -0.39 is 11.7 Å². The maximum absolute atomic E-state index is 13.5. The minimum absolute atomic E-state index is 0.171. The summed E-state index contributed by atoms with van der Waals surface area (Å²) in [5, 5.41) is 0.747. The number of para-hydroxylation sites is 1. The normalized spacial score (nSPS) is 13.4. The summed E-state index contributed by atoms with van der Waals surface area (Å²) in [6, 6.07) is 11.0. The van der Waals surface area contributed by atoms with Gasteiger partial charge in [0.05, 0.1) is 11.1 Å². The molecule has 3 rings (SSSR count). The molecule has 0 spiro atoms. The molecule has 0 aliphatic rings. The van der Waals surface area contributed by atoms with E-state index in [2.05, 4.69) is 20.9 Å². The van der Waals surface area contributed by atoms with Crippen LogP contribution in [0.3, 0.4) is 0 Å². The van der Waals surface area contributed by atoms with Gasteiger partial charge >= 0.3 is 6.18 Å². The molecule has 1 unspecified atom stereocenters. The summed E-state index contributed by atoms with van der Waals surface area (Å²) in [6.45, 7) is 1.83. The van der Waals surface area contributed by atoms with Gasteiger partial charge < -0.3 is 10.7 Å². The van der Waals surface area contributed by atoms with E-state index in [1.54, 1.807) is 6.07 Å². The average Bonchev–Trinajstić information content (AvgIpc) is 2.85. The number of benzene rings is 2. The van der Waals surface area contributed by atoms with E-state index in [4.69, 9.17) is 5.73 Å². The maximum Gasteiger partial charge on any atom is 0.417 e. The molecule has 0 aliphatic heterocycles. The third-order valence-electron chi connectivity index (χ3n) is 3.89. The Labute approximate surface area is 146 Å². The Morgan fingerprint density at radius 1 is 1.12 bits per heavy atom. The molecule has 6 heteroatoms.